The van der Waals surface area contributed by atoms with Crippen molar-refractivity contribution >= 4 is 38.2 Å². The van der Waals surface area contributed by atoms with E-state index in [9.17, 15) is 28.0 Å². The molecule has 0 saturated carbocycles. The third-order valence-corrected chi connectivity index (χ3v) is 4.94. The highest BCUT2D eigenvalue weighted by atomic mass is 32.2. The van der Waals surface area contributed by atoms with Crippen molar-refractivity contribution in [3.8, 4) is 5.75 Å². The number of nitrogens with zero attached hydrogens (tertiary/aromatic N) is 2. The average Bonchev–Trinajstić information content (AvgIpc) is 2.60. The third-order valence-electron chi connectivity index (χ3n) is 3.94. The molecule has 0 aliphatic heterocycles. The third kappa shape index (κ3) is 3.64. The van der Waals surface area contributed by atoms with Crippen molar-refractivity contribution in [2.24, 2.45) is 10.2 Å². The number of hydrogen-bond acceptors (Lipinski definition) is 6. The van der Waals surface area contributed by atoms with Crippen molar-refractivity contribution in [3.05, 3.63) is 59.7 Å². The fraction of sp³-hybridized carbons (Fsp3) is 0.0556. The molecule has 3 rings (SSSR count). The molecular formula is C18H14N2O6S. The molecule has 8 nitrogen and oxygen atoms in total. The van der Waals surface area contributed by atoms with Crippen LogP contribution in [0.2, 0.25) is 0 Å². The van der Waals surface area contributed by atoms with Gasteiger partial charge in [0, 0.05) is 5.39 Å². The number of carbonyl (C=O) groups is 1. The Kier molecular flexibility index (Phi) is 4.64. The summed E-state index contributed by atoms with van der Waals surface area (Å²) in [4.78, 5) is 11.0. The van der Waals surface area contributed by atoms with E-state index in [0.717, 1.165) is 6.07 Å². The minimum atomic E-state index is -4.43. The highest BCUT2D eigenvalue weighted by Crippen LogP contribution is 2.39. The van der Waals surface area contributed by atoms with E-state index in [1.165, 1.54) is 25.1 Å². The Morgan fingerprint density at radius 3 is 2.41 bits per heavy atom. The average molecular weight is 386 g/mol. The molecule has 0 bridgehead atoms. The summed E-state index contributed by atoms with van der Waals surface area (Å²) in [7, 11) is -4.43. The normalized spacial score (nSPS) is 11.9. The molecule has 0 aromatic heterocycles. The maximum Gasteiger partial charge on any atom is 0.339 e. The van der Waals surface area contributed by atoms with Crippen LogP contribution in [0.4, 0.5) is 11.4 Å². The Morgan fingerprint density at radius 2 is 1.74 bits per heavy atom. The van der Waals surface area contributed by atoms with Gasteiger partial charge in [-0.05, 0) is 36.1 Å². The second-order valence-corrected chi connectivity index (χ2v) is 7.16. The number of aromatic carboxylic acids is 1. The summed E-state index contributed by atoms with van der Waals surface area (Å²) in [5, 5.41) is 28.4. The van der Waals surface area contributed by atoms with E-state index in [1.54, 1.807) is 24.3 Å². The molecule has 0 radical (unpaired) electrons. The molecule has 0 atom stereocenters. The van der Waals surface area contributed by atoms with Crippen LogP contribution in [-0.2, 0) is 10.1 Å². The van der Waals surface area contributed by atoms with E-state index in [4.69, 9.17) is 0 Å². The molecule has 3 N–H and O–H groups in total. The summed E-state index contributed by atoms with van der Waals surface area (Å²) >= 11 is 0. The summed E-state index contributed by atoms with van der Waals surface area (Å²) in [5.74, 6) is -1.87. The monoisotopic (exact) mass is 386 g/mol. The molecule has 3 aromatic rings. The molecule has 0 heterocycles. The lowest BCUT2D eigenvalue weighted by Gasteiger charge is -2.08. The fourth-order valence-corrected chi connectivity index (χ4v) is 3.36. The highest BCUT2D eigenvalue weighted by Gasteiger charge is 2.18. The van der Waals surface area contributed by atoms with Crippen molar-refractivity contribution in [2.75, 3.05) is 0 Å². The first-order valence-electron chi connectivity index (χ1n) is 7.66. The largest absolute Gasteiger partial charge is 0.505 e. The molecule has 0 amide bonds. The van der Waals surface area contributed by atoms with Crippen LogP contribution in [0, 0.1) is 6.92 Å². The van der Waals surface area contributed by atoms with Crippen LogP contribution in [0.3, 0.4) is 0 Å². The van der Waals surface area contributed by atoms with E-state index >= 15 is 0 Å². The van der Waals surface area contributed by atoms with E-state index < -0.39 is 21.8 Å². The summed E-state index contributed by atoms with van der Waals surface area (Å²) in [5.41, 5.74) is 0.0553. The minimum Gasteiger partial charge on any atom is -0.505 e. The van der Waals surface area contributed by atoms with Gasteiger partial charge in [0.25, 0.3) is 10.1 Å². The Morgan fingerprint density at radius 1 is 1.04 bits per heavy atom. The molecule has 138 valence electrons. The molecule has 9 heteroatoms. The van der Waals surface area contributed by atoms with Crippen LogP contribution >= 0.6 is 0 Å². The number of hydrogen-bond donors (Lipinski definition) is 3. The van der Waals surface area contributed by atoms with Gasteiger partial charge >= 0.3 is 5.97 Å². The van der Waals surface area contributed by atoms with Gasteiger partial charge in [0.2, 0.25) is 0 Å². The number of carboxylic acids is 1. The minimum absolute atomic E-state index is 0.0560. The highest BCUT2D eigenvalue weighted by molar-refractivity contribution is 7.85. The van der Waals surface area contributed by atoms with Gasteiger partial charge < -0.3 is 10.2 Å². The van der Waals surface area contributed by atoms with Gasteiger partial charge in [-0.25, -0.2) is 4.79 Å². The Hall–Kier alpha value is -3.30. The number of aryl methyl sites for hydroxylation is 1. The van der Waals surface area contributed by atoms with Crippen molar-refractivity contribution in [3.63, 3.8) is 0 Å². The lowest BCUT2D eigenvalue weighted by Crippen LogP contribution is -2.00. The molecule has 27 heavy (non-hydrogen) atoms. The van der Waals surface area contributed by atoms with Crippen LogP contribution in [-0.4, -0.2) is 29.2 Å². The number of azo groups is 1. The SMILES string of the molecule is Cc1ccc(/N=N/c2c(O)c(C(=O)O)cc3ccccc23)cc1S(=O)(=O)O. The molecule has 0 saturated heterocycles. The molecule has 0 aliphatic rings. The smallest absolute Gasteiger partial charge is 0.339 e. The van der Waals surface area contributed by atoms with E-state index in [1.807, 2.05) is 0 Å². The van der Waals surface area contributed by atoms with Crippen molar-refractivity contribution in [1.29, 1.82) is 0 Å². The van der Waals surface area contributed by atoms with E-state index in [0.29, 0.717) is 16.3 Å². The molecule has 0 spiro atoms. The number of rotatable bonds is 4. The lowest BCUT2D eigenvalue weighted by molar-refractivity contribution is 0.0694. The summed E-state index contributed by atoms with van der Waals surface area (Å²) in [6, 6.07) is 12.1. The van der Waals surface area contributed by atoms with Crippen LogP contribution in [0.5, 0.6) is 5.75 Å². The van der Waals surface area contributed by atoms with E-state index in [-0.39, 0.29) is 21.8 Å². The first kappa shape index (κ1) is 18.5. The second-order valence-electron chi connectivity index (χ2n) is 5.77. The zero-order valence-electron chi connectivity index (χ0n) is 14.0. The van der Waals surface area contributed by atoms with Crippen LogP contribution in [0.15, 0.2) is 63.7 Å². The van der Waals surface area contributed by atoms with Crippen molar-refractivity contribution < 1.29 is 28.0 Å². The predicted octanol–water partition coefficient (Wildman–Crippen LogP) is 4.21. The zero-order valence-corrected chi connectivity index (χ0v) is 14.8. The molecule has 0 aliphatic carbocycles. The fourth-order valence-electron chi connectivity index (χ4n) is 2.62. The van der Waals surface area contributed by atoms with Crippen molar-refractivity contribution in [2.45, 2.75) is 11.8 Å². The van der Waals surface area contributed by atoms with Gasteiger partial charge in [-0.15, -0.1) is 5.11 Å². The molecule has 0 unspecified atom stereocenters. The van der Waals surface area contributed by atoms with Gasteiger partial charge in [-0.2, -0.15) is 13.5 Å². The standard InChI is InChI=1S/C18H14N2O6S/c1-10-6-7-12(9-15(10)27(24,25)26)19-20-16-13-5-3-2-4-11(13)8-14(17(16)21)18(22)23/h2-9,21H,1H3,(H,22,23)(H,24,25,26)/b20-19+. The number of fused-ring (bicyclic) bond motifs is 1. The maximum atomic E-state index is 11.4. The Balaban J connectivity index is 2.17. The number of benzene rings is 3. The van der Waals surface area contributed by atoms with Crippen LogP contribution < -0.4 is 0 Å². The first-order chi connectivity index (χ1) is 12.7. The van der Waals surface area contributed by atoms with Gasteiger partial charge in [-0.1, -0.05) is 30.3 Å². The zero-order chi connectivity index (χ0) is 19.8. The summed E-state index contributed by atoms with van der Waals surface area (Å²) in [6.07, 6.45) is 0. The Labute approximate surface area is 154 Å². The number of phenols is 1. The number of aromatic hydroxyl groups is 1. The Bertz CT molecular complexity index is 1200. The molecular weight excluding hydrogens is 372 g/mol. The maximum absolute atomic E-state index is 11.4. The summed E-state index contributed by atoms with van der Waals surface area (Å²) < 4.78 is 32.1. The van der Waals surface area contributed by atoms with Gasteiger partial charge in [0.05, 0.1) is 10.6 Å². The van der Waals surface area contributed by atoms with Gasteiger partial charge in [0.15, 0.2) is 5.75 Å². The quantitative estimate of drug-likeness (QED) is 0.454. The molecule has 3 aromatic carbocycles. The lowest BCUT2D eigenvalue weighted by atomic mass is 10.0. The van der Waals surface area contributed by atoms with Crippen LogP contribution in [0.25, 0.3) is 10.8 Å². The molecule has 0 fully saturated rings. The second kappa shape index (κ2) is 6.78. The van der Waals surface area contributed by atoms with Gasteiger partial charge in [-0.3, -0.25) is 4.55 Å². The topological polar surface area (TPSA) is 137 Å². The van der Waals surface area contributed by atoms with Crippen molar-refractivity contribution in [1.82, 2.24) is 0 Å². The predicted molar refractivity (Wildman–Crippen MR) is 97.7 cm³/mol. The van der Waals surface area contributed by atoms with Crippen LogP contribution in [0.1, 0.15) is 15.9 Å². The first-order valence-corrected chi connectivity index (χ1v) is 9.10. The van der Waals surface area contributed by atoms with E-state index in [2.05, 4.69) is 10.2 Å². The summed E-state index contributed by atoms with van der Waals surface area (Å²) in [6.45, 7) is 1.51. The van der Waals surface area contributed by atoms with Gasteiger partial charge in [0.1, 0.15) is 11.3 Å². The number of carboxylic acid groups (broad SMARTS) is 1.